The Morgan fingerprint density at radius 2 is 2.22 bits per heavy atom. The number of nitrogens with zero attached hydrogens (tertiary/aromatic N) is 2. The summed E-state index contributed by atoms with van der Waals surface area (Å²) in [4.78, 5) is 15.3. The van der Waals surface area contributed by atoms with Crippen LogP contribution < -0.4 is 11.1 Å². The Balaban J connectivity index is 2.72. The van der Waals surface area contributed by atoms with Crippen molar-refractivity contribution >= 4 is 5.91 Å². The quantitative estimate of drug-likeness (QED) is 0.767. The zero-order valence-electron chi connectivity index (χ0n) is 11.7. The van der Waals surface area contributed by atoms with E-state index >= 15 is 0 Å². The van der Waals surface area contributed by atoms with Gasteiger partial charge in [-0.1, -0.05) is 13.8 Å². The molecule has 3 N–H and O–H groups in total. The summed E-state index contributed by atoms with van der Waals surface area (Å²) in [5, 5.41) is 3.38. The molecule has 0 aromatic carbocycles. The maximum Gasteiger partial charge on any atom is 0.219 e. The van der Waals surface area contributed by atoms with Crippen molar-refractivity contribution in [2.24, 2.45) is 11.7 Å². The largest absolute Gasteiger partial charge is 0.370 e. The summed E-state index contributed by atoms with van der Waals surface area (Å²) in [7, 11) is 0. The van der Waals surface area contributed by atoms with Gasteiger partial charge in [0.25, 0.3) is 0 Å². The average Bonchev–Trinajstić information content (AvgIpc) is 2.63. The number of amides is 1. The van der Waals surface area contributed by atoms with Gasteiger partial charge in [-0.05, 0) is 26.3 Å². The highest BCUT2D eigenvalue weighted by atomic mass is 16.1. The Morgan fingerprint density at radius 3 is 2.78 bits per heavy atom. The van der Waals surface area contributed by atoms with E-state index < -0.39 is 0 Å². The van der Waals surface area contributed by atoms with E-state index in [9.17, 15) is 4.79 Å². The van der Waals surface area contributed by atoms with E-state index in [1.54, 1.807) is 6.33 Å². The minimum atomic E-state index is -0.336. The highest BCUT2D eigenvalue weighted by molar-refractivity contribution is 5.74. The molecule has 0 radical (unpaired) electrons. The van der Waals surface area contributed by atoms with Gasteiger partial charge in [-0.2, -0.15) is 0 Å². The molecule has 0 aliphatic rings. The van der Waals surface area contributed by atoms with Gasteiger partial charge in [0.1, 0.15) is 0 Å². The number of nitrogens with one attached hydrogen (secondary N) is 1. The summed E-state index contributed by atoms with van der Waals surface area (Å²) in [5.74, 6) is 0.315. The normalized spacial score (nSPS) is 12.1. The van der Waals surface area contributed by atoms with Gasteiger partial charge in [-0.25, -0.2) is 4.98 Å². The first-order chi connectivity index (χ1) is 8.33. The molecule has 0 spiro atoms. The Morgan fingerprint density at radius 1 is 1.56 bits per heavy atom. The van der Waals surface area contributed by atoms with Crippen LogP contribution in [-0.4, -0.2) is 22.0 Å². The van der Waals surface area contributed by atoms with Crippen LogP contribution in [0.4, 0.5) is 0 Å². The fourth-order valence-electron chi connectivity index (χ4n) is 2.00. The number of carbonyl (C=O) groups is 1. The van der Waals surface area contributed by atoms with Crippen molar-refractivity contribution in [3.8, 4) is 0 Å². The second kappa shape index (κ2) is 6.00. The van der Waals surface area contributed by atoms with E-state index in [-0.39, 0.29) is 11.4 Å². The predicted molar refractivity (Wildman–Crippen MR) is 71.9 cm³/mol. The van der Waals surface area contributed by atoms with Gasteiger partial charge in [0.15, 0.2) is 0 Å². The van der Waals surface area contributed by atoms with E-state index in [1.807, 2.05) is 24.6 Å². The topological polar surface area (TPSA) is 72.9 Å². The first kappa shape index (κ1) is 14.7. The third-order valence-corrected chi connectivity index (χ3v) is 2.83. The van der Waals surface area contributed by atoms with Crippen LogP contribution in [-0.2, 0) is 16.9 Å². The van der Waals surface area contributed by atoms with E-state index in [1.165, 1.54) is 0 Å². The summed E-state index contributed by atoms with van der Waals surface area (Å²) in [6.07, 6.45) is 3.89. The van der Waals surface area contributed by atoms with Gasteiger partial charge in [0, 0.05) is 24.7 Å². The molecule has 1 heterocycles. The lowest BCUT2D eigenvalue weighted by atomic mass is 9.99. The molecule has 0 saturated heterocycles. The van der Waals surface area contributed by atoms with E-state index in [0.29, 0.717) is 12.3 Å². The molecular formula is C13H24N4O. The molecule has 5 nitrogen and oxygen atoms in total. The lowest BCUT2D eigenvalue weighted by Gasteiger charge is -2.27. The number of hydrogen-bond acceptors (Lipinski definition) is 3. The standard InChI is InChI=1S/C13H24N4O/c1-10(2)6-15-7-11-8-16-9-17(11)13(3,4)5-12(14)18/h8-10,15H,5-7H2,1-4H3,(H2,14,18). The minimum absolute atomic E-state index is 0.296. The number of imidazole rings is 1. The highest BCUT2D eigenvalue weighted by Gasteiger charge is 2.24. The maximum atomic E-state index is 11.1. The van der Waals surface area contributed by atoms with Crippen molar-refractivity contribution in [1.82, 2.24) is 14.9 Å². The summed E-state index contributed by atoms with van der Waals surface area (Å²) >= 11 is 0. The molecule has 0 aliphatic carbocycles. The van der Waals surface area contributed by atoms with Crippen molar-refractivity contribution < 1.29 is 4.79 Å². The van der Waals surface area contributed by atoms with Gasteiger partial charge >= 0.3 is 0 Å². The first-order valence-electron chi connectivity index (χ1n) is 6.33. The van der Waals surface area contributed by atoms with E-state index in [0.717, 1.165) is 18.8 Å². The first-order valence-corrected chi connectivity index (χ1v) is 6.33. The summed E-state index contributed by atoms with van der Waals surface area (Å²) in [5.41, 5.74) is 6.02. The molecule has 102 valence electrons. The molecule has 1 amide bonds. The van der Waals surface area contributed by atoms with Gasteiger partial charge in [-0.3, -0.25) is 4.79 Å². The van der Waals surface area contributed by atoms with Crippen LogP contribution in [0.5, 0.6) is 0 Å². The van der Waals surface area contributed by atoms with Gasteiger partial charge in [0.05, 0.1) is 12.0 Å². The molecule has 0 bridgehead atoms. The van der Waals surface area contributed by atoms with E-state index in [4.69, 9.17) is 5.73 Å². The number of rotatable bonds is 7. The Hall–Kier alpha value is -1.36. The molecule has 5 heteroatoms. The SMILES string of the molecule is CC(C)CNCc1cncn1C(C)(C)CC(N)=O. The summed E-state index contributed by atoms with van der Waals surface area (Å²) < 4.78 is 2.02. The van der Waals surface area contributed by atoms with Crippen molar-refractivity contribution in [3.05, 3.63) is 18.2 Å². The monoisotopic (exact) mass is 252 g/mol. The van der Waals surface area contributed by atoms with E-state index in [2.05, 4.69) is 24.1 Å². The second-order valence-corrected chi connectivity index (χ2v) is 5.74. The lowest BCUT2D eigenvalue weighted by Crippen LogP contribution is -2.34. The number of aromatic nitrogens is 2. The maximum absolute atomic E-state index is 11.1. The molecule has 1 aromatic heterocycles. The second-order valence-electron chi connectivity index (χ2n) is 5.74. The molecule has 0 unspecified atom stereocenters. The van der Waals surface area contributed by atoms with Crippen molar-refractivity contribution in [3.63, 3.8) is 0 Å². The number of nitrogens with two attached hydrogens (primary N) is 1. The fraction of sp³-hybridized carbons (Fsp3) is 0.692. The molecule has 18 heavy (non-hydrogen) atoms. The van der Waals surface area contributed by atoms with Gasteiger partial charge < -0.3 is 15.6 Å². The van der Waals surface area contributed by atoms with Gasteiger partial charge in [0.2, 0.25) is 5.91 Å². The predicted octanol–water partition coefficient (Wildman–Crippen LogP) is 1.24. The fourth-order valence-corrected chi connectivity index (χ4v) is 2.00. The molecule has 0 fully saturated rings. The Kier molecular flexibility index (Phi) is 4.90. The summed E-state index contributed by atoms with van der Waals surface area (Å²) in [6.45, 7) is 10.0. The van der Waals surface area contributed by atoms with Crippen LogP contribution in [0.1, 0.15) is 39.8 Å². The Bertz CT molecular complexity index is 395. The third-order valence-electron chi connectivity index (χ3n) is 2.83. The van der Waals surface area contributed by atoms with Crippen molar-refractivity contribution in [2.45, 2.75) is 46.2 Å². The number of hydrogen-bond donors (Lipinski definition) is 2. The van der Waals surface area contributed by atoms with Crippen LogP contribution >= 0.6 is 0 Å². The van der Waals surface area contributed by atoms with Crippen LogP contribution in [0.15, 0.2) is 12.5 Å². The Labute approximate surface area is 109 Å². The molecule has 0 saturated carbocycles. The molecular weight excluding hydrogens is 228 g/mol. The van der Waals surface area contributed by atoms with Crippen molar-refractivity contribution in [2.75, 3.05) is 6.54 Å². The highest BCUT2D eigenvalue weighted by Crippen LogP contribution is 2.21. The zero-order chi connectivity index (χ0) is 13.8. The lowest BCUT2D eigenvalue weighted by molar-refractivity contribution is -0.119. The minimum Gasteiger partial charge on any atom is -0.370 e. The van der Waals surface area contributed by atoms with Crippen molar-refractivity contribution in [1.29, 1.82) is 0 Å². The smallest absolute Gasteiger partial charge is 0.219 e. The molecule has 1 aromatic rings. The van der Waals surface area contributed by atoms with Crippen LogP contribution in [0, 0.1) is 5.92 Å². The number of carbonyl (C=O) groups excluding carboxylic acids is 1. The molecule has 0 aliphatic heterocycles. The number of primary amides is 1. The van der Waals surface area contributed by atoms with Crippen LogP contribution in [0.3, 0.4) is 0 Å². The van der Waals surface area contributed by atoms with Crippen LogP contribution in [0.25, 0.3) is 0 Å². The third kappa shape index (κ3) is 4.14. The zero-order valence-corrected chi connectivity index (χ0v) is 11.7. The summed E-state index contributed by atoms with van der Waals surface area (Å²) in [6, 6.07) is 0. The average molecular weight is 252 g/mol. The van der Waals surface area contributed by atoms with Crippen LogP contribution in [0.2, 0.25) is 0 Å². The van der Waals surface area contributed by atoms with Gasteiger partial charge in [-0.15, -0.1) is 0 Å². The molecule has 0 atom stereocenters. The molecule has 1 rings (SSSR count).